The van der Waals surface area contributed by atoms with Crippen LogP contribution in [0.2, 0.25) is 0 Å². The van der Waals surface area contributed by atoms with Crippen LogP contribution in [0.25, 0.3) is 0 Å². The number of nitrogens with one attached hydrogen (secondary N) is 2. The van der Waals surface area contributed by atoms with Crippen LogP contribution in [0.15, 0.2) is 29.3 Å². The first-order valence-corrected chi connectivity index (χ1v) is 9.93. The summed E-state index contributed by atoms with van der Waals surface area (Å²) < 4.78 is 44.2. The van der Waals surface area contributed by atoms with Crippen LogP contribution in [0.4, 0.5) is 13.2 Å². The van der Waals surface area contributed by atoms with E-state index in [-0.39, 0.29) is 6.04 Å². The van der Waals surface area contributed by atoms with E-state index in [0.29, 0.717) is 25.8 Å². The summed E-state index contributed by atoms with van der Waals surface area (Å²) in [5.74, 6) is 0.747. The summed E-state index contributed by atoms with van der Waals surface area (Å²) >= 11 is 0. The molecule has 0 radical (unpaired) electrons. The number of hydrogen-bond acceptors (Lipinski definition) is 3. The highest BCUT2D eigenvalue weighted by molar-refractivity contribution is 5.80. The number of benzene rings is 1. The Labute approximate surface area is 164 Å². The van der Waals surface area contributed by atoms with E-state index in [9.17, 15) is 13.2 Å². The van der Waals surface area contributed by atoms with Gasteiger partial charge in [-0.2, -0.15) is 13.2 Å². The highest BCUT2D eigenvalue weighted by atomic mass is 19.4. The zero-order valence-corrected chi connectivity index (χ0v) is 16.3. The number of hydrogen-bond donors (Lipinski definition) is 2. The predicted octanol–water partition coefficient (Wildman–Crippen LogP) is 3.19. The van der Waals surface area contributed by atoms with Crippen molar-refractivity contribution < 1.29 is 17.9 Å². The van der Waals surface area contributed by atoms with Gasteiger partial charge >= 0.3 is 6.18 Å². The van der Waals surface area contributed by atoms with Crippen LogP contribution in [0.1, 0.15) is 42.9 Å². The molecule has 1 aromatic rings. The number of nitrogens with zero attached hydrogens (tertiary/aromatic N) is 2. The Morgan fingerprint density at radius 3 is 2.39 bits per heavy atom. The molecule has 1 unspecified atom stereocenters. The van der Waals surface area contributed by atoms with Crippen molar-refractivity contribution in [3.63, 3.8) is 0 Å². The van der Waals surface area contributed by atoms with Crippen molar-refractivity contribution in [3.05, 3.63) is 35.4 Å². The van der Waals surface area contributed by atoms with Crippen LogP contribution in [0.3, 0.4) is 0 Å². The van der Waals surface area contributed by atoms with Crippen molar-refractivity contribution in [1.82, 2.24) is 15.5 Å². The minimum atomic E-state index is -4.32. The van der Waals surface area contributed by atoms with Crippen molar-refractivity contribution in [3.8, 4) is 0 Å². The minimum absolute atomic E-state index is 0.0479. The Kier molecular flexibility index (Phi) is 7.18. The number of rotatable bonds is 5. The number of alkyl halides is 3. The highest BCUT2D eigenvalue weighted by Crippen LogP contribution is 2.31. The molecule has 2 N–H and O–H groups in total. The van der Waals surface area contributed by atoms with E-state index in [0.717, 1.165) is 49.6 Å². The van der Waals surface area contributed by atoms with Gasteiger partial charge in [0.1, 0.15) is 0 Å². The molecule has 3 rings (SSSR count). The summed E-state index contributed by atoms with van der Waals surface area (Å²) in [6.45, 7) is 3.33. The third kappa shape index (κ3) is 5.61. The normalized spacial score (nSPS) is 20.9. The van der Waals surface area contributed by atoms with Gasteiger partial charge < -0.3 is 15.4 Å². The van der Waals surface area contributed by atoms with Gasteiger partial charge in [0, 0.05) is 32.7 Å². The van der Waals surface area contributed by atoms with Crippen LogP contribution >= 0.6 is 0 Å². The van der Waals surface area contributed by atoms with Gasteiger partial charge in [0.2, 0.25) is 0 Å². The summed E-state index contributed by atoms with van der Waals surface area (Å²) in [4.78, 5) is 6.56. The largest absolute Gasteiger partial charge is 0.416 e. The maximum absolute atomic E-state index is 12.9. The number of guanidine groups is 1. The Balaban J connectivity index is 1.69. The maximum atomic E-state index is 12.9. The second kappa shape index (κ2) is 9.60. The number of ether oxygens (including phenoxy) is 1. The van der Waals surface area contributed by atoms with Crippen LogP contribution in [0, 0.1) is 0 Å². The molecule has 8 heteroatoms. The predicted molar refractivity (Wildman–Crippen MR) is 103 cm³/mol. The Hall–Kier alpha value is -1.80. The van der Waals surface area contributed by atoms with E-state index < -0.39 is 11.7 Å². The number of halogens is 3. The lowest BCUT2D eigenvalue weighted by molar-refractivity contribution is -0.137. The van der Waals surface area contributed by atoms with Crippen molar-refractivity contribution in [1.29, 1.82) is 0 Å². The standard InChI is InChI=1S/C20H29F3N4O/c1-24-19(26-17-4-2-3-5-17)25-14-18(27-10-12-28-13-11-27)15-6-8-16(9-7-15)20(21,22)23/h6-9,17-18H,2-5,10-14H2,1H3,(H2,24,25,26). The van der Waals surface area contributed by atoms with Gasteiger partial charge in [-0.25, -0.2) is 0 Å². The molecule has 0 spiro atoms. The van der Waals surface area contributed by atoms with Crippen LogP contribution in [-0.2, 0) is 10.9 Å². The zero-order chi connectivity index (χ0) is 20.0. The maximum Gasteiger partial charge on any atom is 0.416 e. The molecule has 28 heavy (non-hydrogen) atoms. The van der Waals surface area contributed by atoms with Crippen molar-refractivity contribution in [2.24, 2.45) is 4.99 Å². The lowest BCUT2D eigenvalue weighted by atomic mass is 10.0. The van der Waals surface area contributed by atoms with Crippen molar-refractivity contribution in [2.45, 2.75) is 43.9 Å². The third-order valence-electron chi connectivity index (χ3n) is 5.49. The fourth-order valence-corrected chi connectivity index (χ4v) is 3.89. The van der Waals surface area contributed by atoms with E-state index in [1.54, 1.807) is 19.2 Å². The molecule has 2 aliphatic rings. The molecule has 5 nitrogen and oxygen atoms in total. The van der Waals surface area contributed by atoms with E-state index >= 15 is 0 Å². The second-order valence-electron chi connectivity index (χ2n) is 7.36. The van der Waals surface area contributed by atoms with Gasteiger partial charge in [0.25, 0.3) is 0 Å². The summed E-state index contributed by atoms with van der Waals surface area (Å²) in [7, 11) is 1.74. The van der Waals surface area contributed by atoms with Gasteiger partial charge in [0.15, 0.2) is 5.96 Å². The number of morpholine rings is 1. The number of aliphatic imine (C=N–C) groups is 1. The summed E-state index contributed by atoms with van der Waals surface area (Å²) in [5, 5.41) is 6.82. The molecule has 2 fully saturated rings. The molecule has 1 atom stereocenters. The Bertz CT molecular complexity index is 636. The molecule has 1 aliphatic carbocycles. The van der Waals surface area contributed by atoms with E-state index in [1.165, 1.54) is 12.8 Å². The molecule has 1 heterocycles. The van der Waals surface area contributed by atoms with Gasteiger partial charge in [0.05, 0.1) is 24.8 Å². The topological polar surface area (TPSA) is 48.9 Å². The van der Waals surface area contributed by atoms with Gasteiger partial charge in [-0.1, -0.05) is 25.0 Å². The van der Waals surface area contributed by atoms with E-state index in [4.69, 9.17) is 4.74 Å². The monoisotopic (exact) mass is 398 g/mol. The summed E-state index contributed by atoms with van der Waals surface area (Å²) in [5.41, 5.74) is 0.238. The summed E-state index contributed by atoms with van der Waals surface area (Å²) in [6.07, 6.45) is 0.435. The average molecular weight is 398 g/mol. The van der Waals surface area contributed by atoms with E-state index in [1.807, 2.05) is 0 Å². The Morgan fingerprint density at radius 2 is 1.82 bits per heavy atom. The quantitative estimate of drug-likeness (QED) is 0.591. The lowest BCUT2D eigenvalue weighted by Crippen LogP contribution is -2.48. The zero-order valence-electron chi connectivity index (χ0n) is 16.3. The van der Waals surface area contributed by atoms with Crippen LogP contribution < -0.4 is 10.6 Å². The first kappa shape index (κ1) is 20.9. The molecule has 1 aromatic carbocycles. The molecular formula is C20H29F3N4O. The minimum Gasteiger partial charge on any atom is -0.379 e. The first-order valence-electron chi connectivity index (χ1n) is 9.93. The van der Waals surface area contributed by atoms with Gasteiger partial charge in [-0.05, 0) is 30.5 Å². The molecule has 1 saturated heterocycles. The van der Waals surface area contributed by atoms with Crippen LogP contribution in [-0.4, -0.2) is 56.8 Å². The smallest absolute Gasteiger partial charge is 0.379 e. The molecule has 0 aromatic heterocycles. The third-order valence-corrected chi connectivity index (χ3v) is 5.49. The van der Waals surface area contributed by atoms with Crippen LogP contribution in [0.5, 0.6) is 0 Å². The molecule has 1 saturated carbocycles. The SMILES string of the molecule is CN=C(NCC(c1ccc(C(F)(F)F)cc1)N1CCOCC1)NC1CCCC1. The average Bonchev–Trinajstić information content (AvgIpc) is 3.21. The van der Waals surface area contributed by atoms with Crippen molar-refractivity contribution in [2.75, 3.05) is 39.9 Å². The van der Waals surface area contributed by atoms with Gasteiger partial charge in [-0.3, -0.25) is 9.89 Å². The fraction of sp³-hybridized carbons (Fsp3) is 0.650. The molecule has 0 amide bonds. The van der Waals surface area contributed by atoms with Gasteiger partial charge in [-0.15, -0.1) is 0 Å². The molecule has 156 valence electrons. The molecule has 0 bridgehead atoms. The second-order valence-corrected chi connectivity index (χ2v) is 7.36. The first-order chi connectivity index (χ1) is 13.5. The lowest BCUT2D eigenvalue weighted by Gasteiger charge is -2.35. The molecular weight excluding hydrogens is 369 g/mol. The summed E-state index contributed by atoms with van der Waals surface area (Å²) in [6, 6.07) is 5.88. The molecule has 1 aliphatic heterocycles. The fourth-order valence-electron chi connectivity index (χ4n) is 3.89. The Morgan fingerprint density at radius 1 is 1.18 bits per heavy atom. The highest BCUT2D eigenvalue weighted by Gasteiger charge is 2.31. The van der Waals surface area contributed by atoms with Crippen molar-refractivity contribution >= 4 is 5.96 Å². The van der Waals surface area contributed by atoms with E-state index in [2.05, 4.69) is 20.5 Å².